The van der Waals surface area contributed by atoms with Crippen LogP contribution in [0.3, 0.4) is 0 Å². The molecule has 0 saturated carbocycles. The van der Waals surface area contributed by atoms with Crippen LogP contribution in [0.1, 0.15) is 52.7 Å². The van der Waals surface area contributed by atoms with E-state index in [-0.39, 0.29) is 10.8 Å². The Morgan fingerprint density at radius 1 is 0.947 bits per heavy atom. The average molecular weight is 262 g/mol. The molecule has 2 rings (SSSR count). The van der Waals surface area contributed by atoms with Crippen molar-refractivity contribution in [3.8, 4) is 0 Å². The number of hydrogen-bond acceptors (Lipinski definition) is 2. The van der Waals surface area contributed by atoms with Gasteiger partial charge in [0.2, 0.25) is 0 Å². The Balaban J connectivity index is 0.000000191. The normalized spacial score (nSPS) is 11.9. The molecule has 0 aromatic carbocycles. The number of H-pyrrole nitrogens is 1. The highest BCUT2D eigenvalue weighted by Gasteiger charge is 2.14. The van der Waals surface area contributed by atoms with E-state index in [9.17, 15) is 0 Å². The van der Waals surface area contributed by atoms with Crippen molar-refractivity contribution in [2.75, 3.05) is 0 Å². The monoisotopic (exact) mass is 262 g/mol. The van der Waals surface area contributed by atoms with Crippen molar-refractivity contribution in [2.45, 2.75) is 52.4 Å². The quantitative estimate of drug-likeness (QED) is 0.790. The van der Waals surface area contributed by atoms with E-state index in [0.29, 0.717) is 0 Å². The van der Waals surface area contributed by atoms with E-state index in [1.54, 1.807) is 0 Å². The van der Waals surface area contributed by atoms with E-state index < -0.39 is 0 Å². The fraction of sp³-hybridized carbons (Fsp3) is 0.600. The van der Waals surface area contributed by atoms with E-state index in [4.69, 9.17) is 0 Å². The molecule has 4 nitrogen and oxygen atoms in total. The Bertz CT molecular complexity index is 481. The molecule has 0 aliphatic rings. The lowest BCUT2D eigenvalue weighted by atomic mass is 9.90. The fourth-order valence-corrected chi connectivity index (χ4v) is 1.47. The smallest absolute Gasteiger partial charge is 0.0526 e. The van der Waals surface area contributed by atoms with Crippen LogP contribution in [0.25, 0.3) is 0 Å². The van der Waals surface area contributed by atoms with Gasteiger partial charge in [0.15, 0.2) is 0 Å². The summed E-state index contributed by atoms with van der Waals surface area (Å²) in [6, 6.07) is 0. The molecule has 0 amide bonds. The zero-order valence-electron chi connectivity index (χ0n) is 13.2. The largest absolute Gasteiger partial charge is 0.285 e. The number of aromatic amines is 1. The molecule has 0 fully saturated rings. The van der Waals surface area contributed by atoms with E-state index in [1.807, 2.05) is 30.3 Å². The zero-order chi connectivity index (χ0) is 14.7. The van der Waals surface area contributed by atoms with Crippen LogP contribution in [0.4, 0.5) is 0 Å². The Labute approximate surface area is 116 Å². The van der Waals surface area contributed by atoms with Gasteiger partial charge in [-0.05, 0) is 22.0 Å². The number of nitrogens with zero attached hydrogens (tertiary/aromatic N) is 3. The van der Waals surface area contributed by atoms with Crippen molar-refractivity contribution in [3.05, 3.63) is 35.9 Å². The Morgan fingerprint density at radius 2 is 1.53 bits per heavy atom. The third-order valence-corrected chi connectivity index (χ3v) is 2.94. The molecule has 4 heteroatoms. The summed E-state index contributed by atoms with van der Waals surface area (Å²) in [5.74, 6) is 0. The topological polar surface area (TPSA) is 46.5 Å². The standard InChI is InChI=1S/C8H14N2.C7H12N2/c1-8(2,3)7-5-9-10(4)6-7;1-7(2,3)6-4-8-9-5-6/h5-6H,1-4H3;4-5H,1-3H3,(H,8,9). The third-order valence-electron chi connectivity index (χ3n) is 2.94. The van der Waals surface area contributed by atoms with E-state index in [2.05, 4.69) is 63.0 Å². The molecule has 0 spiro atoms. The maximum Gasteiger partial charge on any atom is 0.0526 e. The Kier molecular flexibility index (Phi) is 4.56. The Morgan fingerprint density at radius 3 is 1.74 bits per heavy atom. The zero-order valence-corrected chi connectivity index (χ0v) is 13.2. The predicted molar refractivity (Wildman–Crippen MR) is 79.2 cm³/mol. The summed E-state index contributed by atoms with van der Waals surface area (Å²) in [7, 11) is 1.94. The molecule has 0 atom stereocenters. The van der Waals surface area contributed by atoms with Crippen molar-refractivity contribution < 1.29 is 0 Å². The molecule has 0 radical (unpaired) electrons. The number of aromatic nitrogens is 4. The van der Waals surface area contributed by atoms with E-state index >= 15 is 0 Å². The van der Waals surface area contributed by atoms with Crippen LogP contribution in [0.15, 0.2) is 24.8 Å². The van der Waals surface area contributed by atoms with E-state index in [0.717, 1.165) is 0 Å². The van der Waals surface area contributed by atoms with Gasteiger partial charge in [-0.3, -0.25) is 9.78 Å². The van der Waals surface area contributed by atoms with Gasteiger partial charge in [-0.25, -0.2) is 0 Å². The molecule has 2 aromatic heterocycles. The minimum atomic E-state index is 0.229. The molecular weight excluding hydrogens is 236 g/mol. The molecule has 0 saturated heterocycles. The molecule has 19 heavy (non-hydrogen) atoms. The third kappa shape index (κ3) is 4.89. The van der Waals surface area contributed by atoms with Crippen molar-refractivity contribution in [2.24, 2.45) is 7.05 Å². The van der Waals surface area contributed by atoms with Crippen LogP contribution in [0.5, 0.6) is 0 Å². The van der Waals surface area contributed by atoms with Crippen molar-refractivity contribution >= 4 is 0 Å². The summed E-state index contributed by atoms with van der Waals surface area (Å²) in [5.41, 5.74) is 3.00. The second kappa shape index (κ2) is 5.59. The van der Waals surface area contributed by atoms with Crippen LogP contribution in [-0.2, 0) is 17.9 Å². The van der Waals surface area contributed by atoms with Crippen LogP contribution < -0.4 is 0 Å². The van der Waals surface area contributed by atoms with Crippen LogP contribution >= 0.6 is 0 Å². The molecule has 106 valence electrons. The van der Waals surface area contributed by atoms with Gasteiger partial charge in [-0.2, -0.15) is 10.2 Å². The van der Waals surface area contributed by atoms with E-state index in [1.165, 1.54) is 11.1 Å². The second-order valence-corrected chi connectivity index (χ2v) is 6.89. The summed E-state index contributed by atoms with van der Waals surface area (Å²) >= 11 is 0. The van der Waals surface area contributed by atoms with Gasteiger partial charge in [0.05, 0.1) is 12.4 Å². The molecule has 2 heterocycles. The maximum absolute atomic E-state index is 4.10. The number of nitrogens with one attached hydrogen (secondary N) is 1. The highest BCUT2D eigenvalue weighted by molar-refractivity contribution is 5.15. The van der Waals surface area contributed by atoms with Gasteiger partial charge in [0.1, 0.15) is 0 Å². The number of rotatable bonds is 0. The summed E-state index contributed by atoms with van der Waals surface area (Å²) in [5, 5.41) is 10.7. The first-order valence-electron chi connectivity index (χ1n) is 6.59. The molecule has 0 aliphatic carbocycles. The lowest BCUT2D eigenvalue weighted by Crippen LogP contribution is -2.09. The first kappa shape index (κ1) is 15.5. The van der Waals surface area contributed by atoms with Crippen molar-refractivity contribution in [1.82, 2.24) is 20.0 Å². The van der Waals surface area contributed by atoms with Gasteiger partial charge in [0.25, 0.3) is 0 Å². The fourth-order valence-electron chi connectivity index (χ4n) is 1.47. The maximum atomic E-state index is 4.10. The van der Waals surface area contributed by atoms with Gasteiger partial charge in [-0.1, -0.05) is 41.5 Å². The Hall–Kier alpha value is -1.58. The van der Waals surface area contributed by atoms with Crippen LogP contribution in [0, 0.1) is 0 Å². The van der Waals surface area contributed by atoms with Gasteiger partial charge in [-0.15, -0.1) is 0 Å². The van der Waals surface area contributed by atoms with Gasteiger partial charge < -0.3 is 0 Å². The summed E-state index contributed by atoms with van der Waals surface area (Å²) < 4.78 is 1.83. The first-order chi connectivity index (χ1) is 8.60. The average Bonchev–Trinajstić information content (AvgIpc) is 2.84. The first-order valence-corrected chi connectivity index (χ1v) is 6.59. The minimum Gasteiger partial charge on any atom is -0.285 e. The SMILES string of the molecule is CC(C)(C)c1cn[nH]c1.Cn1cc(C(C)(C)C)cn1. The molecule has 0 aliphatic heterocycles. The minimum absolute atomic E-state index is 0.229. The highest BCUT2D eigenvalue weighted by atomic mass is 15.2. The van der Waals surface area contributed by atoms with Gasteiger partial charge in [0, 0.05) is 19.4 Å². The highest BCUT2D eigenvalue weighted by Crippen LogP contribution is 2.20. The molecule has 1 N–H and O–H groups in total. The lowest BCUT2D eigenvalue weighted by Gasteiger charge is -2.14. The summed E-state index contributed by atoms with van der Waals surface area (Å²) in [6.45, 7) is 13.0. The van der Waals surface area contributed by atoms with Crippen molar-refractivity contribution in [1.29, 1.82) is 0 Å². The second-order valence-electron chi connectivity index (χ2n) is 6.89. The summed E-state index contributed by atoms with van der Waals surface area (Å²) in [4.78, 5) is 0. The molecule has 0 unspecified atom stereocenters. The van der Waals surface area contributed by atoms with Crippen molar-refractivity contribution in [3.63, 3.8) is 0 Å². The molecular formula is C15H26N4. The molecule has 2 aromatic rings. The van der Waals surface area contributed by atoms with Crippen LogP contribution in [0.2, 0.25) is 0 Å². The van der Waals surface area contributed by atoms with Gasteiger partial charge >= 0.3 is 0 Å². The van der Waals surface area contributed by atoms with Crippen LogP contribution in [-0.4, -0.2) is 20.0 Å². The molecule has 0 bridgehead atoms. The predicted octanol–water partition coefficient (Wildman–Crippen LogP) is 3.42. The summed E-state index contributed by atoms with van der Waals surface area (Å²) in [6.07, 6.45) is 7.76. The number of aryl methyl sites for hydroxylation is 1. The number of hydrogen-bond donors (Lipinski definition) is 1. The lowest BCUT2D eigenvalue weighted by molar-refractivity contribution is 0.589.